The first kappa shape index (κ1) is 35.8. The molecule has 11 nitrogen and oxygen atoms in total. The molecular formula is C23H33I4N5O6. The molecular weight excluding hydrogens is 950 g/mol. The average Bonchev–Trinajstić information content (AvgIpc) is 2.75. The van der Waals surface area contributed by atoms with Crippen molar-refractivity contribution in [3.8, 4) is 0 Å². The molecule has 0 aliphatic heterocycles. The predicted molar refractivity (Wildman–Crippen MR) is 180 cm³/mol. The number of alkyl halides is 2. The van der Waals surface area contributed by atoms with Crippen molar-refractivity contribution in [1.29, 1.82) is 0 Å². The number of primary amides is 1. The van der Waals surface area contributed by atoms with Gasteiger partial charge >= 0.3 is 12.1 Å². The number of benzene rings is 1. The first-order valence-corrected chi connectivity index (χ1v) is 15.8. The van der Waals surface area contributed by atoms with Crippen LogP contribution in [0.3, 0.4) is 0 Å². The Labute approximate surface area is 277 Å². The zero-order valence-electron chi connectivity index (χ0n) is 21.6. The molecule has 0 heterocycles. The van der Waals surface area contributed by atoms with E-state index in [1.165, 1.54) is 0 Å². The number of aliphatic hydroxyl groups is 1. The molecule has 3 unspecified atom stereocenters. The van der Waals surface area contributed by atoms with E-state index in [-0.39, 0.29) is 19.6 Å². The Bertz CT molecular complexity index is 1030. The van der Waals surface area contributed by atoms with Crippen molar-refractivity contribution in [2.75, 3.05) is 11.9 Å². The summed E-state index contributed by atoms with van der Waals surface area (Å²) in [6.45, 7) is 8.41. The monoisotopic (exact) mass is 983 g/mol. The number of anilines is 1. The summed E-state index contributed by atoms with van der Waals surface area (Å²) in [5.41, 5.74) is 1.70. The smallest absolute Gasteiger partial charge is 0.409 e. The SMILES string of the molecule is CC(C)(C)N(C(=O)O)C(NC(Nc1ccc(CO)cc1)(C(=O)I)C(I)CCNC(N)=O)(C(=O)I)C(C)(C)I. The highest BCUT2D eigenvalue weighted by atomic mass is 127. The number of rotatable bonds is 13. The van der Waals surface area contributed by atoms with Crippen LogP contribution in [0, 0.1) is 0 Å². The van der Waals surface area contributed by atoms with Crippen LogP contribution in [0.25, 0.3) is 0 Å². The minimum Gasteiger partial charge on any atom is -0.465 e. The summed E-state index contributed by atoms with van der Waals surface area (Å²) in [7, 11) is 0. The fourth-order valence-corrected chi connectivity index (χ4v) is 8.26. The summed E-state index contributed by atoms with van der Waals surface area (Å²) in [6.07, 6.45) is -1.11. The lowest BCUT2D eigenvalue weighted by atomic mass is 9.87. The highest BCUT2D eigenvalue weighted by molar-refractivity contribution is 14.1. The number of amides is 3. The lowest BCUT2D eigenvalue weighted by Gasteiger charge is -2.56. The molecule has 7 N–H and O–H groups in total. The van der Waals surface area contributed by atoms with Crippen LogP contribution in [0.2, 0.25) is 0 Å². The molecule has 0 aromatic heterocycles. The number of nitrogens with one attached hydrogen (secondary N) is 3. The van der Waals surface area contributed by atoms with Crippen LogP contribution >= 0.6 is 90.4 Å². The maximum Gasteiger partial charge on any atom is 0.409 e. The van der Waals surface area contributed by atoms with E-state index >= 15 is 0 Å². The van der Waals surface area contributed by atoms with Crippen LogP contribution in [0.1, 0.15) is 46.6 Å². The first-order valence-electron chi connectivity index (χ1n) is 11.3. The van der Waals surface area contributed by atoms with E-state index in [1.54, 1.807) is 104 Å². The molecule has 15 heteroatoms. The molecule has 0 saturated carbocycles. The van der Waals surface area contributed by atoms with Crippen LogP contribution in [0.5, 0.6) is 0 Å². The van der Waals surface area contributed by atoms with Gasteiger partial charge in [0, 0.05) is 63.0 Å². The minimum atomic E-state index is -1.91. The van der Waals surface area contributed by atoms with Gasteiger partial charge in [0.15, 0.2) is 11.3 Å². The van der Waals surface area contributed by atoms with Crippen molar-refractivity contribution in [2.45, 2.75) is 71.9 Å². The molecule has 0 fully saturated rings. The highest BCUT2D eigenvalue weighted by Gasteiger charge is 2.63. The highest BCUT2D eigenvalue weighted by Crippen LogP contribution is 2.44. The summed E-state index contributed by atoms with van der Waals surface area (Å²) in [5, 5.41) is 28.8. The summed E-state index contributed by atoms with van der Waals surface area (Å²) >= 11 is 7.28. The number of carbonyl (C=O) groups is 4. The Morgan fingerprint density at radius 3 is 1.89 bits per heavy atom. The van der Waals surface area contributed by atoms with E-state index < -0.39 is 43.9 Å². The van der Waals surface area contributed by atoms with Crippen molar-refractivity contribution >= 4 is 116 Å². The minimum absolute atomic E-state index is 0.127. The lowest BCUT2D eigenvalue weighted by Crippen LogP contribution is -2.82. The average molecular weight is 983 g/mol. The molecule has 1 rings (SSSR count). The molecule has 0 bridgehead atoms. The van der Waals surface area contributed by atoms with Gasteiger partial charge in [0.05, 0.1) is 14.0 Å². The van der Waals surface area contributed by atoms with Gasteiger partial charge in [-0.05, 0) is 58.7 Å². The Hall–Kier alpha value is -0.260. The Morgan fingerprint density at radius 2 is 1.55 bits per heavy atom. The number of nitrogens with two attached hydrogens (primary N) is 1. The second-order valence-corrected chi connectivity index (χ2v) is 16.1. The standard InChI is InChI=1S/C23H33I4N5O6/c1-20(2,3)32(19(37)38)23(17(26)35,21(4,5)27)31-22(16(25)34,15(24)10-11-29-18(28)36)30-14-8-6-13(12-33)7-9-14/h6-9,15,30-31,33H,10-12H2,1-5H3,(H,37,38)(H3,28,29,36). The molecule has 0 aliphatic carbocycles. The molecule has 3 amide bonds. The van der Waals surface area contributed by atoms with E-state index in [4.69, 9.17) is 5.73 Å². The van der Waals surface area contributed by atoms with Crippen LogP contribution in [-0.2, 0) is 16.2 Å². The third-order valence-corrected chi connectivity index (χ3v) is 9.64. The number of carboxylic acid groups (broad SMARTS) is 1. The fraction of sp³-hybridized carbons (Fsp3) is 0.565. The number of carbonyl (C=O) groups excluding carboxylic acids is 3. The topological polar surface area (TPSA) is 174 Å². The first-order chi connectivity index (χ1) is 17.3. The van der Waals surface area contributed by atoms with Crippen molar-refractivity contribution in [2.24, 2.45) is 5.73 Å². The van der Waals surface area contributed by atoms with Crippen molar-refractivity contribution < 1.29 is 29.4 Å². The van der Waals surface area contributed by atoms with Crippen LogP contribution in [0.4, 0.5) is 15.3 Å². The molecule has 0 saturated heterocycles. The molecule has 1 aromatic rings. The van der Waals surface area contributed by atoms with E-state index in [0.717, 1.165) is 4.90 Å². The molecule has 1 aromatic carbocycles. The molecule has 3 atom stereocenters. The van der Waals surface area contributed by atoms with Crippen LogP contribution < -0.4 is 21.7 Å². The second-order valence-electron chi connectivity index (χ2n) is 9.98. The molecule has 0 radical (unpaired) electrons. The van der Waals surface area contributed by atoms with Crippen molar-refractivity contribution in [3.63, 3.8) is 0 Å². The Kier molecular flexibility index (Phi) is 13.2. The molecule has 214 valence electrons. The Morgan fingerprint density at radius 1 is 1.03 bits per heavy atom. The third kappa shape index (κ3) is 8.38. The second kappa shape index (κ2) is 14.1. The zero-order chi connectivity index (χ0) is 29.7. The van der Waals surface area contributed by atoms with Gasteiger partial charge in [0.2, 0.25) is 7.58 Å². The largest absolute Gasteiger partial charge is 0.465 e. The molecule has 0 aliphatic rings. The maximum atomic E-state index is 13.6. The number of urea groups is 1. The Balaban J connectivity index is 3.98. The van der Waals surface area contributed by atoms with E-state index in [9.17, 15) is 29.4 Å². The predicted octanol–water partition coefficient (Wildman–Crippen LogP) is 4.35. The lowest BCUT2D eigenvalue weighted by molar-refractivity contribution is -0.131. The number of nitrogens with zero attached hydrogens (tertiary/aromatic N) is 1. The van der Waals surface area contributed by atoms with E-state index in [1.807, 2.05) is 45.2 Å². The van der Waals surface area contributed by atoms with E-state index in [0.29, 0.717) is 11.3 Å². The van der Waals surface area contributed by atoms with Crippen LogP contribution in [-0.4, -0.2) is 65.6 Å². The summed E-state index contributed by atoms with van der Waals surface area (Å²) < 4.78 is -2.68. The number of halogens is 4. The quantitative estimate of drug-likeness (QED) is 0.0733. The van der Waals surface area contributed by atoms with Gasteiger partial charge in [-0.25, -0.2) is 9.59 Å². The van der Waals surface area contributed by atoms with Gasteiger partial charge in [-0.15, -0.1) is 0 Å². The maximum absolute atomic E-state index is 13.6. The number of hydrogen-bond acceptors (Lipinski definition) is 7. The molecule has 38 heavy (non-hydrogen) atoms. The van der Waals surface area contributed by atoms with Gasteiger partial charge in [-0.3, -0.25) is 19.8 Å². The van der Waals surface area contributed by atoms with Gasteiger partial charge in [-0.2, -0.15) is 0 Å². The van der Waals surface area contributed by atoms with E-state index in [2.05, 4.69) is 16.0 Å². The van der Waals surface area contributed by atoms with Gasteiger partial charge in [-0.1, -0.05) is 57.3 Å². The fourth-order valence-electron chi connectivity index (χ4n) is 3.93. The van der Waals surface area contributed by atoms with Gasteiger partial charge in [0.25, 0.3) is 0 Å². The van der Waals surface area contributed by atoms with Gasteiger partial charge < -0.3 is 26.6 Å². The number of hydrogen-bond donors (Lipinski definition) is 6. The summed E-state index contributed by atoms with van der Waals surface area (Å²) in [5.74, 6) is 0. The number of aliphatic hydroxyl groups excluding tert-OH is 1. The van der Waals surface area contributed by atoms with Crippen molar-refractivity contribution in [1.82, 2.24) is 15.5 Å². The normalized spacial score (nSPS) is 15.9. The van der Waals surface area contributed by atoms with Gasteiger partial charge in [0.1, 0.15) is 0 Å². The third-order valence-electron chi connectivity index (χ3n) is 5.68. The molecule has 0 spiro atoms. The summed E-state index contributed by atoms with van der Waals surface area (Å²) in [4.78, 5) is 52.4. The van der Waals surface area contributed by atoms with Crippen LogP contribution in [0.15, 0.2) is 24.3 Å². The van der Waals surface area contributed by atoms with Crippen molar-refractivity contribution in [3.05, 3.63) is 29.8 Å². The summed E-state index contributed by atoms with van der Waals surface area (Å²) in [6, 6.07) is 5.98. The zero-order valence-corrected chi connectivity index (χ0v) is 30.2.